The van der Waals surface area contributed by atoms with Crippen molar-refractivity contribution in [2.75, 3.05) is 6.54 Å². The molecule has 0 fully saturated rings. The number of carboxylic acid groups (broad SMARTS) is 1. The molecule has 21 heavy (non-hydrogen) atoms. The highest BCUT2D eigenvalue weighted by molar-refractivity contribution is 5.76. The molecule has 0 aromatic carbocycles. The van der Waals surface area contributed by atoms with Crippen molar-refractivity contribution in [2.45, 2.75) is 26.4 Å². The molecule has 1 atom stereocenters. The Bertz CT molecular complexity index is 455. The zero-order valence-electron chi connectivity index (χ0n) is 12.8. The number of carbonyl (C=O) groups excluding carboxylic acids is 1. The van der Waals surface area contributed by atoms with Gasteiger partial charge in [0.05, 0.1) is 5.92 Å². The van der Waals surface area contributed by atoms with E-state index in [-0.39, 0.29) is 6.54 Å². The molecule has 0 aromatic rings. The lowest BCUT2D eigenvalue weighted by molar-refractivity contribution is -0.140. The van der Waals surface area contributed by atoms with Crippen molar-refractivity contribution < 1.29 is 19.4 Å². The van der Waals surface area contributed by atoms with Crippen LogP contribution in [0.4, 0.5) is 4.79 Å². The van der Waals surface area contributed by atoms with Gasteiger partial charge in [-0.15, -0.1) is 0 Å². The lowest BCUT2D eigenvalue weighted by atomic mass is 9.98. The molecule has 0 aromatic heterocycles. The third-order valence-corrected chi connectivity index (χ3v) is 2.28. The number of carbonyl (C=O) groups is 2. The van der Waals surface area contributed by atoms with Crippen LogP contribution in [0.3, 0.4) is 0 Å². The molecule has 0 bridgehead atoms. The van der Waals surface area contributed by atoms with Crippen LogP contribution in [-0.4, -0.2) is 29.3 Å². The van der Waals surface area contributed by atoms with E-state index in [2.05, 4.69) is 18.5 Å². The minimum absolute atomic E-state index is 0.0780. The SMILES string of the molecule is C=C/C=C\C(=C/C=C)C(CNC(=O)OC(C)(C)C)C(=O)O. The van der Waals surface area contributed by atoms with Crippen LogP contribution in [0.25, 0.3) is 0 Å². The number of aliphatic carboxylic acids is 1. The minimum atomic E-state index is -1.05. The Morgan fingerprint density at radius 1 is 1.29 bits per heavy atom. The number of allylic oxidation sites excluding steroid dienone is 5. The lowest BCUT2D eigenvalue weighted by Gasteiger charge is -2.21. The molecule has 0 heterocycles. The number of hydrogen-bond acceptors (Lipinski definition) is 3. The number of hydrogen-bond donors (Lipinski definition) is 2. The first kappa shape index (κ1) is 18.7. The average Bonchev–Trinajstić information content (AvgIpc) is 2.33. The van der Waals surface area contributed by atoms with Crippen molar-refractivity contribution in [3.05, 3.63) is 49.1 Å². The molecule has 0 aliphatic rings. The van der Waals surface area contributed by atoms with E-state index < -0.39 is 23.6 Å². The van der Waals surface area contributed by atoms with Gasteiger partial charge in [0.15, 0.2) is 0 Å². The molecule has 1 unspecified atom stereocenters. The number of rotatable bonds is 7. The summed E-state index contributed by atoms with van der Waals surface area (Å²) in [6.07, 6.45) is 7.20. The normalized spacial score (nSPS) is 13.6. The van der Waals surface area contributed by atoms with Gasteiger partial charge in [-0.05, 0) is 26.3 Å². The monoisotopic (exact) mass is 293 g/mol. The first-order chi connectivity index (χ1) is 9.71. The van der Waals surface area contributed by atoms with E-state index in [1.807, 2.05) is 0 Å². The molecule has 5 nitrogen and oxygen atoms in total. The first-order valence-corrected chi connectivity index (χ1v) is 6.52. The quantitative estimate of drug-likeness (QED) is 0.707. The zero-order valence-corrected chi connectivity index (χ0v) is 12.8. The molecule has 0 saturated carbocycles. The summed E-state index contributed by atoms with van der Waals surface area (Å²) in [6.45, 7) is 12.2. The largest absolute Gasteiger partial charge is 0.481 e. The standard InChI is InChI=1S/C16H23NO4/c1-6-8-10-12(9-7-2)13(14(18)19)11-17-15(20)21-16(3,4)5/h6-10,13H,1-2,11H2,3-5H3,(H,17,20)(H,18,19)/b10-8-,12-9+. The summed E-state index contributed by atoms with van der Waals surface area (Å²) in [5, 5.41) is 11.7. The van der Waals surface area contributed by atoms with E-state index in [0.29, 0.717) is 5.57 Å². The molecule has 5 heteroatoms. The lowest BCUT2D eigenvalue weighted by Crippen LogP contribution is -2.37. The number of carboxylic acids is 1. The van der Waals surface area contributed by atoms with Gasteiger partial charge in [-0.25, -0.2) is 4.79 Å². The highest BCUT2D eigenvalue weighted by atomic mass is 16.6. The van der Waals surface area contributed by atoms with Crippen molar-refractivity contribution in [3.8, 4) is 0 Å². The van der Waals surface area contributed by atoms with E-state index in [0.717, 1.165) is 0 Å². The van der Waals surface area contributed by atoms with Crippen molar-refractivity contribution in [1.29, 1.82) is 0 Å². The molecule has 0 aliphatic carbocycles. The molecule has 0 saturated heterocycles. The summed E-state index contributed by atoms with van der Waals surface area (Å²) in [4.78, 5) is 22.9. The van der Waals surface area contributed by atoms with Gasteiger partial charge in [-0.2, -0.15) is 0 Å². The van der Waals surface area contributed by atoms with Crippen LogP contribution in [-0.2, 0) is 9.53 Å². The highest BCUT2D eigenvalue weighted by Gasteiger charge is 2.23. The highest BCUT2D eigenvalue weighted by Crippen LogP contribution is 2.14. The van der Waals surface area contributed by atoms with E-state index in [9.17, 15) is 14.7 Å². The summed E-state index contributed by atoms with van der Waals surface area (Å²) in [5.74, 6) is -1.94. The van der Waals surface area contributed by atoms with E-state index in [1.165, 1.54) is 12.2 Å². The fraction of sp³-hybridized carbons (Fsp3) is 0.375. The summed E-state index contributed by atoms with van der Waals surface area (Å²) in [5.41, 5.74) is -0.126. The molecule has 0 rings (SSSR count). The van der Waals surface area contributed by atoms with Crippen molar-refractivity contribution in [1.82, 2.24) is 5.32 Å². The van der Waals surface area contributed by atoms with E-state index in [4.69, 9.17) is 4.74 Å². The maximum atomic E-state index is 11.6. The second kappa shape index (κ2) is 8.79. The Morgan fingerprint density at radius 2 is 1.90 bits per heavy atom. The summed E-state index contributed by atoms with van der Waals surface area (Å²) >= 11 is 0. The predicted octanol–water partition coefficient (Wildman–Crippen LogP) is 3.07. The molecule has 116 valence electrons. The van der Waals surface area contributed by atoms with Crippen molar-refractivity contribution >= 4 is 12.1 Å². The second-order valence-electron chi connectivity index (χ2n) is 5.27. The maximum Gasteiger partial charge on any atom is 0.407 e. The predicted molar refractivity (Wildman–Crippen MR) is 83.0 cm³/mol. The first-order valence-electron chi connectivity index (χ1n) is 6.52. The smallest absolute Gasteiger partial charge is 0.407 e. The molecular weight excluding hydrogens is 270 g/mol. The molecule has 1 amide bonds. The summed E-state index contributed by atoms with van der Waals surface area (Å²) in [7, 11) is 0. The number of ether oxygens (including phenoxy) is 1. The molecule has 0 radical (unpaired) electrons. The third-order valence-electron chi connectivity index (χ3n) is 2.28. The number of alkyl carbamates (subject to hydrolysis) is 1. The fourth-order valence-corrected chi connectivity index (χ4v) is 1.45. The van der Waals surface area contributed by atoms with Crippen LogP contribution in [0, 0.1) is 5.92 Å². The van der Waals surface area contributed by atoms with Gasteiger partial charge in [-0.1, -0.05) is 43.5 Å². The van der Waals surface area contributed by atoms with Crippen LogP contribution < -0.4 is 5.32 Å². The van der Waals surface area contributed by atoms with Crippen LogP contribution >= 0.6 is 0 Å². The molecule has 2 N–H and O–H groups in total. The minimum Gasteiger partial charge on any atom is -0.481 e. The van der Waals surface area contributed by atoms with Crippen molar-refractivity contribution in [3.63, 3.8) is 0 Å². The molecular formula is C16H23NO4. The van der Waals surface area contributed by atoms with E-state index >= 15 is 0 Å². The summed E-state index contributed by atoms with van der Waals surface area (Å²) in [6, 6.07) is 0. The Morgan fingerprint density at radius 3 is 2.33 bits per heavy atom. The maximum absolute atomic E-state index is 11.6. The second-order valence-corrected chi connectivity index (χ2v) is 5.27. The Labute approximate surface area is 125 Å². The van der Waals surface area contributed by atoms with Crippen LogP contribution in [0.5, 0.6) is 0 Å². The van der Waals surface area contributed by atoms with Gasteiger partial charge < -0.3 is 15.2 Å². The fourth-order valence-electron chi connectivity index (χ4n) is 1.45. The zero-order chi connectivity index (χ0) is 16.5. The topological polar surface area (TPSA) is 75.6 Å². The molecule has 0 aliphatic heterocycles. The Hall–Kier alpha value is -2.30. The van der Waals surface area contributed by atoms with E-state index in [1.54, 1.807) is 39.0 Å². The Balaban J connectivity index is 4.91. The van der Waals surface area contributed by atoms with Gasteiger partial charge >= 0.3 is 12.1 Å². The number of amides is 1. The summed E-state index contributed by atoms with van der Waals surface area (Å²) < 4.78 is 5.07. The van der Waals surface area contributed by atoms with Gasteiger partial charge in [-0.3, -0.25) is 4.79 Å². The van der Waals surface area contributed by atoms with Crippen LogP contribution in [0.15, 0.2) is 49.1 Å². The van der Waals surface area contributed by atoms with Gasteiger partial charge in [0.25, 0.3) is 0 Å². The molecule has 0 spiro atoms. The third kappa shape index (κ3) is 8.47. The average molecular weight is 293 g/mol. The van der Waals surface area contributed by atoms with Crippen molar-refractivity contribution in [2.24, 2.45) is 5.92 Å². The van der Waals surface area contributed by atoms with Gasteiger partial charge in [0.2, 0.25) is 0 Å². The van der Waals surface area contributed by atoms with Gasteiger partial charge in [0, 0.05) is 6.54 Å². The van der Waals surface area contributed by atoms with Crippen LogP contribution in [0.2, 0.25) is 0 Å². The Kier molecular flexibility index (Phi) is 7.83. The number of nitrogens with one attached hydrogen (secondary N) is 1. The van der Waals surface area contributed by atoms with Gasteiger partial charge in [0.1, 0.15) is 5.60 Å². The van der Waals surface area contributed by atoms with Crippen LogP contribution in [0.1, 0.15) is 20.8 Å².